The third-order valence-electron chi connectivity index (χ3n) is 5.61. The fourth-order valence-corrected chi connectivity index (χ4v) is 3.59. The Bertz CT molecular complexity index is 935. The van der Waals surface area contributed by atoms with Gasteiger partial charge in [0.2, 0.25) is 11.7 Å². The second kappa shape index (κ2) is 10.7. The van der Waals surface area contributed by atoms with E-state index in [2.05, 4.69) is 20.2 Å². The molecule has 1 aliphatic heterocycles. The molecule has 0 radical (unpaired) electrons. The zero-order valence-corrected chi connectivity index (χ0v) is 20.3. The maximum absolute atomic E-state index is 11.3. The average Bonchev–Trinajstić information content (AvgIpc) is 3.25. The zero-order valence-electron chi connectivity index (χ0n) is 20.3. The van der Waals surface area contributed by atoms with Gasteiger partial charge in [-0.1, -0.05) is 12.1 Å². The van der Waals surface area contributed by atoms with Crippen LogP contribution < -0.4 is 24.4 Å². The molecule has 1 fully saturated rings. The van der Waals surface area contributed by atoms with Crippen molar-refractivity contribution in [3.05, 3.63) is 36.2 Å². The van der Waals surface area contributed by atoms with E-state index < -0.39 is 5.60 Å². The average molecular weight is 459 g/mol. The van der Waals surface area contributed by atoms with E-state index in [9.17, 15) is 4.79 Å². The number of benzene rings is 1. The monoisotopic (exact) mass is 458 g/mol. The lowest BCUT2D eigenvalue weighted by Gasteiger charge is -2.24. The van der Waals surface area contributed by atoms with E-state index in [0.29, 0.717) is 30.6 Å². The second-order valence-electron chi connectivity index (χ2n) is 8.75. The SMILES string of the molecule is COc1c(OCC(C)(C)OC)ncnc1N1CC[C@@H](Oc2ccc([C@H](C)NC(C)=O)cc2)C1. The van der Waals surface area contributed by atoms with Gasteiger partial charge in [-0.15, -0.1) is 0 Å². The minimum Gasteiger partial charge on any atom is -0.489 e. The largest absolute Gasteiger partial charge is 0.489 e. The molecule has 0 spiro atoms. The lowest BCUT2D eigenvalue weighted by molar-refractivity contribution is -0.119. The second-order valence-corrected chi connectivity index (χ2v) is 8.75. The molecule has 1 aromatic heterocycles. The summed E-state index contributed by atoms with van der Waals surface area (Å²) in [5, 5.41) is 2.88. The van der Waals surface area contributed by atoms with Crippen molar-refractivity contribution in [2.24, 2.45) is 0 Å². The van der Waals surface area contributed by atoms with Crippen molar-refractivity contribution in [3.63, 3.8) is 0 Å². The summed E-state index contributed by atoms with van der Waals surface area (Å²) in [5.41, 5.74) is 0.582. The maximum atomic E-state index is 11.3. The molecule has 3 rings (SSSR count). The Balaban J connectivity index is 1.63. The Morgan fingerprint density at radius 3 is 2.61 bits per heavy atom. The van der Waals surface area contributed by atoms with Crippen molar-refractivity contribution in [1.29, 1.82) is 0 Å². The first-order valence-corrected chi connectivity index (χ1v) is 11.1. The van der Waals surface area contributed by atoms with E-state index in [1.807, 2.05) is 45.0 Å². The van der Waals surface area contributed by atoms with Gasteiger partial charge < -0.3 is 29.2 Å². The minimum absolute atomic E-state index is 0.0140. The molecule has 1 aliphatic rings. The van der Waals surface area contributed by atoms with Gasteiger partial charge in [0.15, 0.2) is 5.82 Å². The molecule has 2 atom stereocenters. The van der Waals surface area contributed by atoms with Gasteiger partial charge >= 0.3 is 0 Å². The van der Waals surface area contributed by atoms with E-state index in [1.165, 1.54) is 13.3 Å². The van der Waals surface area contributed by atoms with Crippen molar-refractivity contribution in [3.8, 4) is 17.4 Å². The highest BCUT2D eigenvalue weighted by Crippen LogP contribution is 2.36. The molecule has 0 bridgehead atoms. The Labute approximate surface area is 195 Å². The fraction of sp³-hybridized carbons (Fsp3) is 0.542. The third-order valence-corrected chi connectivity index (χ3v) is 5.61. The molecular weight excluding hydrogens is 424 g/mol. The summed E-state index contributed by atoms with van der Waals surface area (Å²) in [7, 11) is 3.23. The van der Waals surface area contributed by atoms with E-state index >= 15 is 0 Å². The van der Waals surface area contributed by atoms with Crippen LogP contribution in [0.15, 0.2) is 30.6 Å². The van der Waals surface area contributed by atoms with Crippen LogP contribution in [0.25, 0.3) is 0 Å². The Hall–Kier alpha value is -3.07. The molecule has 0 unspecified atom stereocenters. The number of nitrogens with one attached hydrogen (secondary N) is 1. The first-order chi connectivity index (χ1) is 15.7. The number of nitrogens with zero attached hydrogens (tertiary/aromatic N) is 3. The lowest BCUT2D eigenvalue weighted by atomic mass is 10.1. The van der Waals surface area contributed by atoms with Crippen LogP contribution in [0.4, 0.5) is 5.82 Å². The van der Waals surface area contributed by atoms with Crippen LogP contribution in [-0.4, -0.2) is 61.5 Å². The van der Waals surface area contributed by atoms with Crippen molar-refractivity contribution < 1.29 is 23.7 Å². The van der Waals surface area contributed by atoms with Crippen molar-refractivity contribution >= 4 is 11.7 Å². The van der Waals surface area contributed by atoms with Crippen LogP contribution in [0.2, 0.25) is 0 Å². The lowest BCUT2D eigenvalue weighted by Crippen LogP contribution is -2.31. The number of anilines is 1. The standard InChI is InChI=1S/C24H34N4O5/c1-16(27-17(2)29)18-7-9-19(10-8-18)33-20-11-12-28(13-20)22-21(30-5)23(26-15-25-22)32-14-24(3,4)31-6/h7-10,15-16,20H,11-14H2,1-6H3,(H,27,29)/t16-,20+/m0/s1. The number of hydrogen-bond donors (Lipinski definition) is 1. The number of rotatable bonds is 10. The summed E-state index contributed by atoms with van der Waals surface area (Å²) in [6.07, 6.45) is 2.35. The first kappa shape index (κ1) is 24.6. The van der Waals surface area contributed by atoms with E-state index in [4.69, 9.17) is 18.9 Å². The van der Waals surface area contributed by atoms with Crippen LogP contribution in [0.1, 0.15) is 45.7 Å². The normalized spacial score (nSPS) is 16.9. The van der Waals surface area contributed by atoms with Crippen LogP contribution in [0.3, 0.4) is 0 Å². The Morgan fingerprint density at radius 1 is 1.24 bits per heavy atom. The van der Waals surface area contributed by atoms with Crippen LogP contribution in [-0.2, 0) is 9.53 Å². The third kappa shape index (κ3) is 6.47. The minimum atomic E-state index is -0.446. The van der Waals surface area contributed by atoms with Gasteiger partial charge in [0.25, 0.3) is 5.88 Å². The van der Waals surface area contributed by atoms with Crippen molar-refractivity contribution in [2.45, 2.75) is 51.9 Å². The number of ether oxygens (including phenoxy) is 4. The number of amides is 1. The quantitative estimate of drug-likeness (QED) is 0.580. The zero-order chi connectivity index (χ0) is 24.0. The Morgan fingerprint density at radius 2 is 1.97 bits per heavy atom. The number of carbonyl (C=O) groups is 1. The van der Waals surface area contributed by atoms with E-state index in [1.54, 1.807) is 14.2 Å². The summed E-state index contributed by atoms with van der Waals surface area (Å²) in [4.78, 5) is 22.1. The molecule has 9 nitrogen and oxygen atoms in total. The molecule has 1 N–H and O–H groups in total. The van der Waals surface area contributed by atoms with Crippen LogP contribution in [0.5, 0.6) is 17.4 Å². The topological polar surface area (TPSA) is 95.0 Å². The summed E-state index contributed by atoms with van der Waals surface area (Å²) >= 11 is 0. The van der Waals surface area contributed by atoms with E-state index in [-0.39, 0.29) is 18.1 Å². The predicted octanol–water partition coefficient (Wildman–Crippen LogP) is 3.14. The first-order valence-electron chi connectivity index (χ1n) is 11.1. The molecule has 0 saturated carbocycles. The highest BCUT2D eigenvalue weighted by Gasteiger charge is 2.29. The predicted molar refractivity (Wildman–Crippen MR) is 125 cm³/mol. The summed E-state index contributed by atoms with van der Waals surface area (Å²) in [6.45, 7) is 9.13. The van der Waals surface area contributed by atoms with Gasteiger partial charge in [0, 0.05) is 27.0 Å². The molecule has 1 aromatic carbocycles. The number of hydrogen-bond acceptors (Lipinski definition) is 8. The molecule has 180 valence electrons. The van der Waals surface area contributed by atoms with Gasteiger partial charge in [-0.25, -0.2) is 4.98 Å². The van der Waals surface area contributed by atoms with Gasteiger partial charge in [0.05, 0.1) is 25.3 Å². The molecule has 1 amide bonds. The highest BCUT2D eigenvalue weighted by molar-refractivity contribution is 5.73. The number of aromatic nitrogens is 2. The van der Waals surface area contributed by atoms with E-state index in [0.717, 1.165) is 24.3 Å². The summed E-state index contributed by atoms with van der Waals surface area (Å²) in [6, 6.07) is 7.77. The van der Waals surface area contributed by atoms with Crippen LogP contribution in [0, 0.1) is 0 Å². The maximum Gasteiger partial charge on any atom is 0.262 e. The smallest absolute Gasteiger partial charge is 0.262 e. The molecule has 2 heterocycles. The molecule has 9 heteroatoms. The van der Waals surface area contributed by atoms with Gasteiger partial charge in [-0.3, -0.25) is 4.79 Å². The molecule has 1 saturated heterocycles. The summed E-state index contributed by atoms with van der Waals surface area (Å²) in [5.74, 6) is 2.32. The summed E-state index contributed by atoms with van der Waals surface area (Å²) < 4.78 is 23.1. The van der Waals surface area contributed by atoms with Gasteiger partial charge in [-0.05, 0) is 38.5 Å². The molecule has 2 aromatic rings. The van der Waals surface area contributed by atoms with Crippen LogP contribution >= 0.6 is 0 Å². The van der Waals surface area contributed by atoms with Gasteiger partial charge in [0.1, 0.15) is 24.8 Å². The van der Waals surface area contributed by atoms with Gasteiger partial charge in [-0.2, -0.15) is 4.98 Å². The molecular formula is C24H34N4O5. The van der Waals surface area contributed by atoms with Crippen molar-refractivity contribution in [1.82, 2.24) is 15.3 Å². The number of methoxy groups -OCH3 is 2. The highest BCUT2D eigenvalue weighted by atomic mass is 16.6. The molecule has 33 heavy (non-hydrogen) atoms. The molecule has 0 aliphatic carbocycles. The van der Waals surface area contributed by atoms with Crippen molar-refractivity contribution in [2.75, 3.05) is 38.8 Å². The Kier molecular flexibility index (Phi) is 7.97. The fourth-order valence-electron chi connectivity index (χ4n) is 3.59. The number of carbonyl (C=O) groups excluding carboxylic acids is 1.